The molecule has 0 aliphatic carbocycles. The van der Waals surface area contributed by atoms with Crippen molar-refractivity contribution < 1.29 is 9.47 Å². The molecule has 1 saturated heterocycles. The summed E-state index contributed by atoms with van der Waals surface area (Å²) in [5.41, 5.74) is 7.57. The maximum absolute atomic E-state index is 6.13. The largest absolute Gasteiger partial charge is 0.494 e. The van der Waals surface area contributed by atoms with E-state index in [2.05, 4.69) is 32.6 Å². The van der Waals surface area contributed by atoms with Gasteiger partial charge in [-0.2, -0.15) is 0 Å². The molecule has 2 rings (SSSR count). The summed E-state index contributed by atoms with van der Waals surface area (Å²) in [5.74, 6) is 0.925. The third-order valence-electron chi connectivity index (χ3n) is 3.54. The predicted molar refractivity (Wildman–Crippen MR) is 86.5 cm³/mol. The van der Waals surface area contributed by atoms with Gasteiger partial charge in [-0.25, -0.2) is 0 Å². The number of benzene rings is 1. The van der Waals surface area contributed by atoms with Crippen LogP contribution in [0.3, 0.4) is 0 Å². The highest BCUT2D eigenvalue weighted by Crippen LogP contribution is 2.31. The molecule has 4 nitrogen and oxygen atoms in total. The van der Waals surface area contributed by atoms with Crippen molar-refractivity contribution in [3.63, 3.8) is 0 Å². The molecule has 0 aromatic heterocycles. The Hall–Kier alpha value is -1.26. The van der Waals surface area contributed by atoms with E-state index in [9.17, 15) is 0 Å². The van der Waals surface area contributed by atoms with Crippen molar-refractivity contribution in [3.05, 3.63) is 23.8 Å². The minimum atomic E-state index is -0.145. The second kappa shape index (κ2) is 5.85. The number of morpholine rings is 1. The molecule has 0 bridgehead atoms. The lowest BCUT2D eigenvalue weighted by Crippen LogP contribution is -2.56. The number of anilines is 1. The van der Waals surface area contributed by atoms with Crippen LogP contribution in [0, 0.1) is 0 Å². The molecule has 0 atom stereocenters. The fraction of sp³-hybridized carbons (Fsp3) is 0.647. The van der Waals surface area contributed by atoms with E-state index in [1.165, 1.54) is 0 Å². The lowest BCUT2D eigenvalue weighted by molar-refractivity contribution is -0.182. The molecule has 0 spiro atoms. The van der Waals surface area contributed by atoms with Gasteiger partial charge in [-0.1, -0.05) is 0 Å². The summed E-state index contributed by atoms with van der Waals surface area (Å²) >= 11 is 0. The number of ether oxygens (including phenoxy) is 2. The van der Waals surface area contributed by atoms with Crippen molar-refractivity contribution in [1.82, 2.24) is 4.90 Å². The van der Waals surface area contributed by atoms with Crippen molar-refractivity contribution in [2.75, 3.05) is 25.4 Å². The molecule has 0 unspecified atom stereocenters. The predicted octanol–water partition coefficient (Wildman–Crippen LogP) is 3.06. The summed E-state index contributed by atoms with van der Waals surface area (Å²) in [7, 11) is 0. The number of hydrogen-bond donors (Lipinski definition) is 1. The molecule has 1 heterocycles. The van der Waals surface area contributed by atoms with Crippen LogP contribution in [0.2, 0.25) is 0 Å². The Kier molecular flexibility index (Phi) is 4.49. The Morgan fingerprint density at radius 2 is 1.81 bits per heavy atom. The maximum Gasteiger partial charge on any atom is 0.123 e. The van der Waals surface area contributed by atoms with Gasteiger partial charge in [0, 0.05) is 30.9 Å². The number of rotatable bonds is 4. The molecular weight excluding hydrogens is 264 g/mol. The summed E-state index contributed by atoms with van der Waals surface area (Å²) in [6.45, 7) is 13.9. The van der Waals surface area contributed by atoms with Crippen LogP contribution < -0.4 is 10.5 Å². The van der Waals surface area contributed by atoms with E-state index >= 15 is 0 Å². The fourth-order valence-electron chi connectivity index (χ4n) is 3.32. The average Bonchev–Trinajstić information content (AvgIpc) is 2.28. The first-order valence-corrected chi connectivity index (χ1v) is 7.64. The topological polar surface area (TPSA) is 47.7 Å². The number of hydrogen-bond acceptors (Lipinski definition) is 4. The Labute approximate surface area is 128 Å². The summed E-state index contributed by atoms with van der Waals surface area (Å²) in [4.78, 5) is 2.42. The molecule has 0 amide bonds. The zero-order valence-electron chi connectivity index (χ0n) is 13.9. The zero-order valence-corrected chi connectivity index (χ0v) is 13.9. The fourth-order valence-corrected chi connectivity index (χ4v) is 3.32. The summed E-state index contributed by atoms with van der Waals surface area (Å²) < 4.78 is 11.9. The Balaban J connectivity index is 2.19. The van der Waals surface area contributed by atoms with Crippen LogP contribution in [0.15, 0.2) is 18.2 Å². The van der Waals surface area contributed by atoms with Crippen LogP contribution in [0.1, 0.15) is 40.2 Å². The molecule has 118 valence electrons. The molecule has 1 aliphatic heterocycles. The highest BCUT2D eigenvalue weighted by molar-refractivity contribution is 5.47. The van der Waals surface area contributed by atoms with Crippen molar-refractivity contribution in [3.8, 4) is 5.75 Å². The van der Waals surface area contributed by atoms with Gasteiger partial charge in [0.1, 0.15) is 5.75 Å². The van der Waals surface area contributed by atoms with Gasteiger partial charge >= 0.3 is 0 Å². The van der Waals surface area contributed by atoms with Crippen molar-refractivity contribution in [1.29, 1.82) is 0 Å². The number of nitrogens with two attached hydrogens (primary N) is 1. The Morgan fingerprint density at radius 1 is 1.19 bits per heavy atom. The molecule has 1 fully saturated rings. The van der Waals surface area contributed by atoms with Gasteiger partial charge in [-0.05, 0) is 52.8 Å². The highest BCUT2D eigenvalue weighted by Gasteiger charge is 2.38. The Morgan fingerprint density at radius 3 is 2.38 bits per heavy atom. The molecule has 2 N–H and O–H groups in total. The van der Waals surface area contributed by atoms with Crippen LogP contribution in [-0.4, -0.2) is 35.8 Å². The van der Waals surface area contributed by atoms with Crippen LogP contribution in [-0.2, 0) is 11.3 Å². The first kappa shape index (κ1) is 16.1. The van der Waals surface area contributed by atoms with Gasteiger partial charge in [0.15, 0.2) is 0 Å². The number of nitrogens with zero attached hydrogens (tertiary/aromatic N) is 1. The van der Waals surface area contributed by atoms with Crippen LogP contribution in [0.25, 0.3) is 0 Å². The standard InChI is InChI=1S/C17H28N2O2/c1-6-20-15-8-7-14(18)9-13(15)10-19-11-16(2,3)21-17(4,5)12-19/h7-9H,6,10-12,18H2,1-5H3. The van der Waals surface area contributed by atoms with Gasteiger partial charge < -0.3 is 15.2 Å². The first-order chi connectivity index (χ1) is 9.71. The lowest BCUT2D eigenvalue weighted by Gasteiger charge is -2.47. The normalized spacial score (nSPS) is 21.2. The Bertz CT molecular complexity index is 482. The van der Waals surface area contributed by atoms with E-state index < -0.39 is 0 Å². The summed E-state index contributed by atoms with van der Waals surface area (Å²) in [5, 5.41) is 0. The number of nitrogen functional groups attached to an aromatic ring is 1. The van der Waals surface area contributed by atoms with Gasteiger partial charge in [0.05, 0.1) is 17.8 Å². The second-order valence-electron chi connectivity index (χ2n) is 7.07. The molecule has 21 heavy (non-hydrogen) atoms. The highest BCUT2D eigenvalue weighted by atomic mass is 16.5. The van der Waals surface area contributed by atoms with Gasteiger partial charge in [-0.3, -0.25) is 4.90 Å². The third kappa shape index (κ3) is 4.35. The first-order valence-electron chi connectivity index (χ1n) is 7.64. The smallest absolute Gasteiger partial charge is 0.123 e. The molecule has 1 aromatic rings. The van der Waals surface area contributed by atoms with Gasteiger partial charge in [0.2, 0.25) is 0 Å². The summed E-state index contributed by atoms with van der Waals surface area (Å²) in [6.07, 6.45) is 0. The van der Waals surface area contributed by atoms with E-state index in [-0.39, 0.29) is 11.2 Å². The summed E-state index contributed by atoms with van der Waals surface area (Å²) in [6, 6.07) is 5.87. The van der Waals surface area contributed by atoms with Crippen molar-refractivity contribution in [2.24, 2.45) is 0 Å². The monoisotopic (exact) mass is 292 g/mol. The lowest BCUT2D eigenvalue weighted by atomic mass is 9.98. The molecule has 0 saturated carbocycles. The minimum Gasteiger partial charge on any atom is -0.494 e. The van der Waals surface area contributed by atoms with E-state index in [0.717, 1.165) is 36.6 Å². The molecule has 0 radical (unpaired) electrons. The quantitative estimate of drug-likeness (QED) is 0.867. The van der Waals surface area contributed by atoms with Gasteiger partial charge in [0.25, 0.3) is 0 Å². The average molecular weight is 292 g/mol. The van der Waals surface area contributed by atoms with Crippen LogP contribution in [0.4, 0.5) is 5.69 Å². The molecule has 1 aromatic carbocycles. The molecular formula is C17H28N2O2. The van der Waals surface area contributed by atoms with E-state index in [4.69, 9.17) is 15.2 Å². The zero-order chi connectivity index (χ0) is 15.7. The second-order valence-corrected chi connectivity index (χ2v) is 7.07. The molecule has 4 heteroatoms. The van der Waals surface area contributed by atoms with E-state index in [1.54, 1.807) is 0 Å². The van der Waals surface area contributed by atoms with Crippen molar-refractivity contribution in [2.45, 2.75) is 52.4 Å². The maximum atomic E-state index is 6.13. The third-order valence-corrected chi connectivity index (χ3v) is 3.54. The molecule has 1 aliphatic rings. The van der Waals surface area contributed by atoms with Crippen LogP contribution in [0.5, 0.6) is 5.75 Å². The minimum absolute atomic E-state index is 0.145. The van der Waals surface area contributed by atoms with Crippen LogP contribution >= 0.6 is 0 Å². The SMILES string of the molecule is CCOc1ccc(N)cc1CN1CC(C)(C)OC(C)(C)C1. The van der Waals surface area contributed by atoms with E-state index in [1.807, 2.05) is 25.1 Å². The van der Waals surface area contributed by atoms with Gasteiger partial charge in [-0.15, -0.1) is 0 Å². The van der Waals surface area contributed by atoms with E-state index in [0.29, 0.717) is 6.61 Å². The van der Waals surface area contributed by atoms with Crippen molar-refractivity contribution >= 4 is 5.69 Å².